The highest BCUT2D eigenvalue weighted by molar-refractivity contribution is 9.10. The molecule has 0 radical (unpaired) electrons. The summed E-state index contributed by atoms with van der Waals surface area (Å²) in [4.78, 5) is 11.9. The zero-order chi connectivity index (χ0) is 13.8. The number of carbonyl (C=O) groups excluding carboxylic acids is 1. The molecule has 104 valence electrons. The molecule has 1 fully saturated rings. The first-order valence-corrected chi connectivity index (χ1v) is 7.30. The van der Waals surface area contributed by atoms with Crippen LogP contribution in [-0.4, -0.2) is 25.0 Å². The van der Waals surface area contributed by atoms with Crippen LogP contribution in [0.15, 0.2) is 22.7 Å². The van der Waals surface area contributed by atoms with Gasteiger partial charge in [-0.1, -0.05) is 6.07 Å². The van der Waals surface area contributed by atoms with Crippen molar-refractivity contribution >= 4 is 21.8 Å². The maximum atomic E-state index is 13.1. The Morgan fingerprint density at radius 3 is 3.05 bits per heavy atom. The summed E-state index contributed by atoms with van der Waals surface area (Å²) in [6, 6.07) is 4.99. The Bertz CT molecular complexity index is 461. The van der Waals surface area contributed by atoms with Crippen LogP contribution < -0.4 is 10.6 Å². The summed E-state index contributed by atoms with van der Waals surface area (Å²) in [6.07, 6.45) is 1.60. The van der Waals surface area contributed by atoms with E-state index in [-0.39, 0.29) is 23.7 Å². The molecule has 2 rings (SSSR count). The zero-order valence-corrected chi connectivity index (χ0v) is 12.5. The molecular formula is C14H18BrFN2O. The van der Waals surface area contributed by atoms with Crippen molar-refractivity contribution in [3.05, 3.63) is 34.1 Å². The Balaban J connectivity index is 1.87. The number of rotatable bonds is 4. The lowest BCUT2D eigenvalue weighted by molar-refractivity contribution is -0.125. The molecule has 1 aliphatic heterocycles. The van der Waals surface area contributed by atoms with Gasteiger partial charge in [0, 0.05) is 12.6 Å². The molecule has 1 aliphatic rings. The van der Waals surface area contributed by atoms with Crippen LogP contribution in [0.4, 0.5) is 4.39 Å². The zero-order valence-electron chi connectivity index (χ0n) is 10.9. The standard InChI is InChI=1S/C14H18BrFN2O/c1-9(18-14(19)11-4-5-17-8-11)6-10-2-3-13(16)12(15)7-10/h2-3,7,9,11,17H,4-6,8H2,1H3,(H,18,19). The van der Waals surface area contributed by atoms with E-state index in [4.69, 9.17) is 0 Å². The van der Waals surface area contributed by atoms with Gasteiger partial charge in [-0.25, -0.2) is 4.39 Å². The molecule has 0 aliphatic carbocycles. The lowest BCUT2D eigenvalue weighted by atomic mass is 10.0. The summed E-state index contributed by atoms with van der Waals surface area (Å²) in [6.45, 7) is 3.65. The minimum Gasteiger partial charge on any atom is -0.353 e. The van der Waals surface area contributed by atoms with Crippen LogP contribution in [0.3, 0.4) is 0 Å². The van der Waals surface area contributed by atoms with Gasteiger partial charge in [0.15, 0.2) is 0 Å². The van der Waals surface area contributed by atoms with Gasteiger partial charge in [-0.15, -0.1) is 0 Å². The number of benzene rings is 1. The second-order valence-corrected chi connectivity index (χ2v) is 5.91. The van der Waals surface area contributed by atoms with E-state index in [0.717, 1.165) is 25.1 Å². The predicted octanol–water partition coefficient (Wildman–Crippen LogP) is 2.24. The lowest BCUT2D eigenvalue weighted by Gasteiger charge is -2.17. The van der Waals surface area contributed by atoms with Gasteiger partial charge in [0.05, 0.1) is 10.4 Å². The van der Waals surface area contributed by atoms with E-state index in [9.17, 15) is 9.18 Å². The van der Waals surface area contributed by atoms with Crippen molar-refractivity contribution in [2.75, 3.05) is 13.1 Å². The van der Waals surface area contributed by atoms with Crippen LogP contribution >= 0.6 is 15.9 Å². The second-order valence-electron chi connectivity index (χ2n) is 5.05. The smallest absolute Gasteiger partial charge is 0.224 e. The summed E-state index contributed by atoms with van der Waals surface area (Å²) in [7, 11) is 0. The highest BCUT2D eigenvalue weighted by Gasteiger charge is 2.23. The van der Waals surface area contributed by atoms with E-state index in [1.165, 1.54) is 6.07 Å². The average Bonchev–Trinajstić information content (AvgIpc) is 2.87. The molecule has 0 saturated carbocycles. The lowest BCUT2D eigenvalue weighted by Crippen LogP contribution is -2.39. The summed E-state index contributed by atoms with van der Waals surface area (Å²) in [5, 5.41) is 6.20. The molecule has 3 nitrogen and oxygen atoms in total. The van der Waals surface area contributed by atoms with Crippen molar-refractivity contribution in [1.82, 2.24) is 10.6 Å². The molecule has 1 aromatic carbocycles. The first-order valence-electron chi connectivity index (χ1n) is 6.51. The van der Waals surface area contributed by atoms with E-state index in [1.54, 1.807) is 12.1 Å². The molecule has 2 atom stereocenters. The second kappa shape index (κ2) is 6.48. The van der Waals surface area contributed by atoms with Gasteiger partial charge in [0.25, 0.3) is 0 Å². The number of carbonyl (C=O) groups is 1. The predicted molar refractivity (Wildman–Crippen MR) is 76.4 cm³/mol. The number of halogens is 2. The first kappa shape index (κ1) is 14.5. The van der Waals surface area contributed by atoms with Crippen molar-refractivity contribution in [3.63, 3.8) is 0 Å². The summed E-state index contributed by atoms with van der Waals surface area (Å²) in [5.41, 5.74) is 1.01. The summed E-state index contributed by atoms with van der Waals surface area (Å²) in [5.74, 6) is -0.0708. The maximum Gasteiger partial charge on any atom is 0.224 e. The van der Waals surface area contributed by atoms with Gasteiger partial charge in [0.1, 0.15) is 5.82 Å². The molecule has 0 aromatic heterocycles. The van der Waals surface area contributed by atoms with Crippen molar-refractivity contribution < 1.29 is 9.18 Å². The topological polar surface area (TPSA) is 41.1 Å². The van der Waals surface area contributed by atoms with E-state index >= 15 is 0 Å². The van der Waals surface area contributed by atoms with Crippen LogP contribution in [0.1, 0.15) is 18.9 Å². The van der Waals surface area contributed by atoms with Gasteiger partial charge < -0.3 is 10.6 Å². The molecule has 2 N–H and O–H groups in total. The van der Waals surface area contributed by atoms with Gasteiger partial charge >= 0.3 is 0 Å². The third-order valence-electron chi connectivity index (χ3n) is 3.35. The van der Waals surface area contributed by atoms with Crippen LogP contribution in [-0.2, 0) is 11.2 Å². The molecule has 1 saturated heterocycles. The molecule has 1 amide bonds. The fourth-order valence-electron chi connectivity index (χ4n) is 2.31. The minimum atomic E-state index is -0.266. The van der Waals surface area contributed by atoms with E-state index in [1.807, 2.05) is 6.92 Å². The highest BCUT2D eigenvalue weighted by Crippen LogP contribution is 2.18. The van der Waals surface area contributed by atoms with E-state index in [2.05, 4.69) is 26.6 Å². The quantitative estimate of drug-likeness (QED) is 0.890. The van der Waals surface area contributed by atoms with Crippen molar-refractivity contribution in [3.8, 4) is 0 Å². The monoisotopic (exact) mass is 328 g/mol. The fraction of sp³-hybridized carbons (Fsp3) is 0.500. The summed E-state index contributed by atoms with van der Waals surface area (Å²) < 4.78 is 13.6. The largest absolute Gasteiger partial charge is 0.353 e. The molecule has 1 aromatic rings. The first-order chi connectivity index (χ1) is 9.06. The average molecular weight is 329 g/mol. The number of amides is 1. The van der Waals surface area contributed by atoms with Gasteiger partial charge in [0.2, 0.25) is 5.91 Å². The van der Waals surface area contributed by atoms with Crippen LogP contribution in [0.2, 0.25) is 0 Å². The normalized spacial score (nSPS) is 20.3. The fourth-order valence-corrected chi connectivity index (χ4v) is 2.74. The molecule has 5 heteroatoms. The Morgan fingerprint density at radius 2 is 2.42 bits per heavy atom. The SMILES string of the molecule is CC(Cc1ccc(F)c(Br)c1)NC(=O)C1CCNC1. The maximum absolute atomic E-state index is 13.1. The number of hydrogen-bond acceptors (Lipinski definition) is 2. The molecule has 19 heavy (non-hydrogen) atoms. The van der Waals surface area contributed by atoms with Crippen molar-refractivity contribution in [1.29, 1.82) is 0 Å². The number of hydrogen-bond donors (Lipinski definition) is 2. The van der Waals surface area contributed by atoms with Crippen molar-refractivity contribution in [2.45, 2.75) is 25.8 Å². The Labute approximate surface area is 121 Å². The molecular weight excluding hydrogens is 311 g/mol. The molecule has 2 unspecified atom stereocenters. The van der Waals surface area contributed by atoms with Gasteiger partial charge in [-0.2, -0.15) is 0 Å². The Morgan fingerprint density at radius 1 is 1.63 bits per heavy atom. The third kappa shape index (κ3) is 4.01. The Kier molecular flexibility index (Phi) is 4.93. The molecule has 0 bridgehead atoms. The van der Waals surface area contributed by atoms with E-state index in [0.29, 0.717) is 10.9 Å². The molecule has 1 heterocycles. The van der Waals surface area contributed by atoms with Gasteiger partial charge in [-0.05, 0) is 59.9 Å². The van der Waals surface area contributed by atoms with Gasteiger partial charge in [-0.3, -0.25) is 4.79 Å². The van der Waals surface area contributed by atoms with Crippen LogP contribution in [0, 0.1) is 11.7 Å². The summed E-state index contributed by atoms with van der Waals surface area (Å²) >= 11 is 3.17. The van der Waals surface area contributed by atoms with Crippen LogP contribution in [0.25, 0.3) is 0 Å². The van der Waals surface area contributed by atoms with Crippen molar-refractivity contribution in [2.24, 2.45) is 5.92 Å². The minimum absolute atomic E-state index is 0.0467. The van der Waals surface area contributed by atoms with E-state index < -0.39 is 0 Å². The van der Waals surface area contributed by atoms with Crippen LogP contribution in [0.5, 0.6) is 0 Å². The highest BCUT2D eigenvalue weighted by atomic mass is 79.9. The Hall–Kier alpha value is -0.940. The number of nitrogens with one attached hydrogen (secondary N) is 2. The third-order valence-corrected chi connectivity index (χ3v) is 3.95. The molecule has 0 spiro atoms.